The van der Waals surface area contributed by atoms with Gasteiger partial charge < -0.3 is 15.5 Å². The Balaban J connectivity index is 1.50. The topological polar surface area (TPSA) is 61.4 Å². The number of piperidine rings is 1. The van der Waals surface area contributed by atoms with Gasteiger partial charge in [-0.2, -0.15) is 13.2 Å². The van der Waals surface area contributed by atoms with E-state index >= 15 is 0 Å². The Hall–Kier alpha value is -2.25. The van der Waals surface area contributed by atoms with Crippen LogP contribution in [0.4, 0.5) is 23.7 Å². The maximum Gasteiger partial charge on any atom is 0.418 e. The van der Waals surface area contributed by atoms with Crippen LogP contribution in [0.5, 0.6) is 0 Å². The van der Waals surface area contributed by atoms with Crippen molar-refractivity contribution in [2.75, 3.05) is 18.4 Å². The first-order valence-electron chi connectivity index (χ1n) is 9.87. The number of anilines is 1. The summed E-state index contributed by atoms with van der Waals surface area (Å²) in [5.41, 5.74) is -1.11. The molecule has 0 radical (unpaired) electrons. The van der Waals surface area contributed by atoms with Gasteiger partial charge in [0.15, 0.2) is 0 Å². The second-order valence-electron chi connectivity index (χ2n) is 7.58. The largest absolute Gasteiger partial charge is 0.418 e. The van der Waals surface area contributed by atoms with Crippen LogP contribution in [0.1, 0.15) is 50.5 Å². The number of para-hydroxylation sites is 1. The smallest absolute Gasteiger partial charge is 0.353 e. The Morgan fingerprint density at radius 2 is 1.61 bits per heavy atom. The molecule has 1 aromatic rings. The molecule has 0 bridgehead atoms. The van der Waals surface area contributed by atoms with Crippen LogP contribution < -0.4 is 10.6 Å². The fourth-order valence-corrected chi connectivity index (χ4v) is 3.94. The maximum atomic E-state index is 13.1. The number of rotatable bonds is 3. The molecular formula is C20H26F3N3O2. The Morgan fingerprint density at radius 3 is 2.25 bits per heavy atom. The van der Waals surface area contributed by atoms with Crippen LogP contribution >= 0.6 is 0 Å². The van der Waals surface area contributed by atoms with Crippen molar-refractivity contribution in [3.8, 4) is 0 Å². The highest BCUT2D eigenvalue weighted by Crippen LogP contribution is 2.34. The average Bonchev–Trinajstić information content (AvgIpc) is 2.69. The molecule has 0 unspecified atom stereocenters. The molecule has 1 saturated heterocycles. The zero-order valence-electron chi connectivity index (χ0n) is 15.7. The Kier molecular flexibility index (Phi) is 6.46. The molecule has 28 heavy (non-hydrogen) atoms. The number of carbonyl (C=O) groups excluding carboxylic acids is 2. The van der Waals surface area contributed by atoms with Crippen molar-refractivity contribution in [1.82, 2.24) is 10.2 Å². The minimum absolute atomic E-state index is 0.0148. The lowest BCUT2D eigenvalue weighted by Gasteiger charge is -2.33. The Labute approximate surface area is 162 Å². The van der Waals surface area contributed by atoms with E-state index in [-0.39, 0.29) is 23.6 Å². The highest BCUT2D eigenvalue weighted by Gasteiger charge is 2.34. The molecule has 1 saturated carbocycles. The molecule has 1 aromatic carbocycles. The van der Waals surface area contributed by atoms with E-state index < -0.39 is 17.8 Å². The number of benzene rings is 1. The molecule has 0 aromatic heterocycles. The number of hydrogen-bond donors (Lipinski definition) is 2. The van der Waals surface area contributed by atoms with Gasteiger partial charge in [-0.15, -0.1) is 0 Å². The van der Waals surface area contributed by atoms with Crippen LogP contribution in [0.15, 0.2) is 24.3 Å². The lowest BCUT2D eigenvalue weighted by molar-refractivity contribution is -0.137. The van der Waals surface area contributed by atoms with Crippen molar-refractivity contribution < 1.29 is 22.8 Å². The average molecular weight is 397 g/mol. The second kappa shape index (κ2) is 8.84. The molecule has 1 heterocycles. The summed E-state index contributed by atoms with van der Waals surface area (Å²) in [4.78, 5) is 26.2. The number of hydrogen-bond acceptors (Lipinski definition) is 2. The minimum Gasteiger partial charge on any atom is -0.353 e. The fraction of sp³-hybridized carbons (Fsp3) is 0.600. The van der Waals surface area contributed by atoms with Gasteiger partial charge in [0.2, 0.25) is 5.91 Å². The van der Waals surface area contributed by atoms with Crippen molar-refractivity contribution in [1.29, 1.82) is 0 Å². The molecule has 2 N–H and O–H groups in total. The summed E-state index contributed by atoms with van der Waals surface area (Å²) < 4.78 is 39.2. The first-order chi connectivity index (χ1) is 13.3. The van der Waals surface area contributed by atoms with Crippen LogP contribution in [0.2, 0.25) is 0 Å². The molecule has 154 valence electrons. The predicted molar refractivity (Wildman–Crippen MR) is 99.8 cm³/mol. The Morgan fingerprint density at radius 1 is 0.964 bits per heavy atom. The van der Waals surface area contributed by atoms with Gasteiger partial charge in [0.1, 0.15) is 0 Å². The van der Waals surface area contributed by atoms with E-state index in [0.717, 1.165) is 31.7 Å². The van der Waals surface area contributed by atoms with Crippen molar-refractivity contribution in [2.45, 2.75) is 57.2 Å². The maximum absolute atomic E-state index is 13.1. The van der Waals surface area contributed by atoms with Crippen LogP contribution in [0.3, 0.4) is 0 Å². The normalized spacial score (nSPS) is 19.3. The van der Waals surface area contributed by atoms with Crippen molar-refractivity contribution in [3.63, 3.8) is 0 Å². The van der Waals surface area contributed by atoms with Crippen LogP contribution in [-0.2, 0) is 11.0 Å². The zero-order chi connectivity index (χ0) is 20.1. The van der Waals surface area contributed by atoms with E-state index in [1.807, 2.05) is 0 Å². The van der Waals surface area contributed by atoms with Gasteiger partial charge >= 0.3 is 12.2 Å². The van der Waals surface area contributed by atoms with E-state index in [9.17, 15) is 22.8 Å². The van der Waals surface area contributed by atoms with E-state index in [1.165, 1.54) is 29.5 Å². The first-order valence-corrected chi connectivity index (χ1v) is 9.87. The monoisotopic (exact) mass is 397 g/mol. The molecule has 1 aliphatic carbocycles. The van der Waals surface area contributed by atoms with Gasteiger partial charge in [-0.25, -0.2) is 4.79 Å². The lowest BCUT2D eigenvalue weighted by Crippen LogP contribution is -2.49. The third-order valence-electron chi connectivity index (χ3n) is 5.58. The highest BCUT2D eigenvalue weighted by atomic mass is 19.4. The van der Waals surface area contributed by atoms with E-state index in [0.29, 0.717) is 25.9 Å². The molecule has 3 rings (SSSR count). The number of urea groups is 1. The molecule has 2 fully saturated rings. The Bertz CT molecular complexity index is 694. The van der Waals surface area contributed by atoms with Gasteiger partial charge in [-0.3, -0.25) is 4.79 Å². The number of likely N-dealkylation sites (tertiary alicyclic amines) is 1. The fourth-order valence-electron chi connectivity index (χ4n) is 3.94. The zero-order valence-corrected chi connectivity index (χ0v) is 15.7. The summed E-state index contributed by atoms with van der Waals surface area (Å²) in [5, 5.41) is 5.45. The molecule has 1 aliphatic heterocycles. The third-order valence-corrected chi connectivity index (χ3v) is 5.58. The summed E-state index contributed by atoms with van der Waals surface area (Å²) in [5.74, 6) is 0.190. The van der Waals surface area contributed by atoms with Crippen LogP contribution in [-0.4, -0.2) is 36.0 Å². The number of alkyl halides is 3. The predicted octanol–water partition coefficient (Wildman–Crippen LogP) is 4.40. The first kappa shape index (κ1) is 20.5. The second-order valence-corrected chi connectivity index (χ2v) is 7.58. The molecule has 2 aliphatic rings. The van der Waals surface area contributed by atoms with Gasteiger partial charge in [0, 0.05) is 25.0 Å². The summed E-state index contributed by atoms with van der Waals surface area (Å²) in [6.07, 6.45) is 1.93. The van der Waals surface area contributed by atoms with Crippen LogP contribution in [0.25, 0.3) is 0 Å². The number of nitrogens with one attached hydrogen (secondary N) is 2. The van der Waals surface area contributed by atoms with Crippen LogP contribution in [0, 0.1) is 5.92 Å². The minimum atomic E-state index is -4.53. The van der Waals surface area contributed by atoms with Crippen molar-refractivity contribution in [2.24, 2.45) is 5.92 Å². The molecule has 5 nitrogen and oxygen atoms in total. The standard InChI is InChI=1S/C20H26F3N3O2/c21-20(22,23)16-8-4-5-9-17(16)25-19(28)26-12-10-15(11-13-26)24-18(27)14-6-2-1-3-7-14/h4-5,8-9,14-15H,1-3,6-7,10-13H2,(H,24,27)(H,25,28). The number of amides is 3. The lowest BCUT2D eigenvalue weighted by atomic mass is 9.88. The molecule has 3 amide bonds. The van der Waals surface area contributed by atoms with E-state index in [4.69, 9.17) is 0 Å². The number of carbonyl (C=O) groups is 2. The number of nitrogens with zero attached hydrogens (tertiary/aromatic N) is 1. The quantitative estimate of drug-likeness (QED) is 0.794. The summed E-state index contributed by atoms with van der Waals surface area (Å²) in [6.45, 7) is 0.797. The number of halogens is 3. The third kappa shape index (κ3) is 5.17. The summed E-state index contributed by atoms with van der Waals surface area (Å²) in [7, 11) is 0. The van der Waals surface area contributed by atoms with Crippen molar-refractivity contribution >= 4 is 17.6 Å². The van der Waals surface area contributed by atoms with E-state index in [1.54, 1.807) is 0 Å². The van der Waals surface area contributed by atoms with Gasteiger partial charge in [-0.05, 0) is 37.8 Å². The molecular weight excluding hydrogens is 371 g/mol. The van der Waals surface area contributed by atoms with Gasteiger partial charge in [-0.1, -0.05) is 31.4 Å². The molecule has 0 atom stereocenters. The summed E-state index contributed by atoms with van der Waals surface area (Å²) in [6, 6.07) is 4.41. The molecule has 8 heteroatoms. The summed E-state index contributed by atoms with van der Waals surface area (Å²) >= 11 is 0. The molecule has 0 spiro atoms. The highest BCUT2D eigenvalue weighted by molar-refractivity contribution is 5.90. The van der Waals surface area contributed by atoms with Gasteiger partial charge in [0.05, 0.1) is 11.3 Å². The van der Waals surface area contributed by atoms with Crippen molar-refractivity contribution in [3.05, 3.63) is 29.8 Å². The SMILES string of the molecule is O=C(NC1CCN(C(=O)Nc2ccccc2C(F)(F)F)CC1)C1CCCCC1. The van der Waals surface area contributed by atoms with E-state index in [2.05, 4.69) is 10.6 Å². The van der Waals surface area contributed by atoms with Gasteiger partial charge in [0.25, 0.3) is 0 Å².